The van der Waals surface area contributed by atoms with Crippen LogP contribution in [0.5, 0.6) is 0 Å². The quantitative estimate of drug-likeness (QED) is 0.769. The molecule has 2 aromatic heterocycles. The molecule has 4 heteroatoms. The molecule has 0 fully saturated rings. The average Bonchev–Trinajstić information content (AvgIpc) is 2.74. The van der Waals surface area contributed by atoms with E-state index in [1.54, 1.807) is 11.3 Å². The van der Waals surface area contributed by atoms with Crippen molar-refractivity contribution in [2.24, 2.45) is 5.41 Å². The summed E-state index contributed by atoms with van der Waals surface area (Å²) in [6.07, 6.45) is 4.77. The van der Waals surface area contributed by atoms with E-state index < -0.39 is 9.04 Å². The van der Waals surface area contributed by atoms with Gasteiger partial charge in [-0.05, 0) is 30.0 Å². The molecule has 0 radical (unpaired) electrons. The first kappa shape index (κ1) is 13.8. The second-order valence-corrected chi connectivity index (χ2v) is 9.55. The van der Waals surface area contributed by atoms with E-state index in [9.17, 15) is 0 Å². The van der Waals surface area contributed by atoms with Crippen LogP contribution >= 0.6 is 11.3 Å². The Balaban J connectivity index is 2.15. The van der Waals surface area contributed by atoms with E-state index >= 15 is 0 Å². The van der Waals surface area contributed by atoms with Gasteiger partial charge in [0.1, 0.15) is 0 Å². The Morgan fingerprint density at radius 3 is 2.61 bits per heavy atom. The Morgan fingerprint density at radius 1 is 1.33 bits per heavy atom. The molecule has 100 valence electrons. The molecule has 0 spiro atoms. The molecule has 0 saturated carbocycles. The van der Waals surface area contributed by atoms with Crippen molar-refractivity contribution in [1.82, 2.24) is 4.57 Å². The SMILES string of the molecule is C[SiH](C)OC(Cn1cc2ccsc2c1)C(C)(C)C. The molecule has 0 N–H and O–H groups in total. The van der Waals surface area contributed by atoms with Crippen molar-refractivity contribution in [2.45, 2.75) is 46.5 Å². The zero-order valence-corrected chi connectivity index (χ0v) is 13.9. The van der Waals surface area contributed by atoms with E-state index in [0.717, 1.165) is 6.54 Å². The van der Waals surface area contributed by atoms with Gasteiger partial charge >= 0.3 is 0 Å². The van der Waals surface area contributed by atoms with Gasteiger partial charge in [-0.1, -0.05) is 20.8 Å². The topological polar surface area (TPSA) is 14.2 Å². The van der Waals surface area contributed by atoms with Crippen molar-refractivity contribution in [3.8, 4) is 0 Å². The van der Waals surface area contributed by atoms with Gasteiger partial charge < -0.3 is 8.99 Å². The van der Waals surface area contributed by atoms with Crippen LogP contribution in [0.25, 0.3) is 10.1 Å². The van der Waals surface area contributed by atoms with Crippen molar-refractivity contribution in [3.63, 3.8) is 0 Å². The van der Waals surface area contributed by atoms with Gasteiger partial charge in [0, 0.05) is 24.3 Å². The van der Waals surface area contributed by atoms with Gasteiger partial charge in [0.05, 0.1) is 10.8 Å². The van der Waals surface area contributed by atoms with E-state index in [-0.39, 0.29) is 5.41 Å². The molecule has 0 aromatic carbocycles. The molecule has 0 amide bonds. The van der Waals surface area contributed by atoms with Gasteiger partial charge in [-0.15, -0.1) is 11.3 Å². The predicted molar refractivity (Wildman–Crippen MR) is 83.0 cm³/mol. The first-order valence-corrected chi connectivity index (χ1v) is 10.2. The minimum atomic E-state index is -1.00. The average molecular weight is 281 g/mol. The summed E-state index contributed by atoms with van der Waals surface area (Å²) in [6.45, 7) is 12.2. The number of rotatable bonds is 4. The summed E-state index contributed by atoms with van der Waals surface area (Å²) >= 11 is 1.80. The highest BCUT2D eigenvalue weighted by molar-refractivity contribution is 7.17. The van der Waals surface area contributed by atoms with Crippen LogP contribution in [0.3, 0.4) is 0 Å². The maximum Gasteiger partial charge on any atom is 0.171 e. The highest BCUT2D eigenvalue weighted by Crippen LogP contribution is 2.27. The lowest BCUT2D eigenvalue weighted by Crippen LogP contribution is -2.36. The summed E-state index contributed by atoms with van der Waals surface area (Å²) in [5.74, 6) is 0. The highest BCUT2D eigenvalue weighted by Gasteiger charge is 2.26. The molecule has 0 aliphatic rings. The summed E-state index contributed by atoms with van der Waals surface area (Å²) < 4.78 is 9.86. The number of hydrogen-bond acceptors (Lipinski definition) is 2. The normalized spacial score (nSPS) is 14.6. The first-order chi connectivity index (χ1) is 8.36. The maximum absolute atomic E-state index is 6.21. The standard InChI is InChI=1S/C14H23NOSSi/c1-14(2,3)13(16-18(4)5)10-15-8-11-6-7-17-12(11)9-15/h6-9,13,18H,10H2,1-5H3. The van der Waals surface area contributed by atoms with E-state index in [1.807, 2.05) is 0 Å². The molecular weight excluding hydrogens is 258 g/mol. The zero-order chi connectivity index (χ0) is 13.3. The molecule has 0 saturated heterocycles. The largest absolute Gasteiger partial charge is 0.415 e. The van der Waals surface area contributed by atoms with Crippen LogP contribution in [-0.4, -0.2) is 19.7 Å². The zero-order valence-electron chi connectivity index (χ0n) is 11.9. The lowest BCUT2D eigenvalue weighted by Gasteiger charge is -2.33. The van der Waals surface area contributed by atoms with Gasteiger partial charge in [0.15, 0.2) is 9.04 Å². The predicted octanol–water partition coefficient (Wildman–Crippen LogP) is 4.12. The van der Waals surface area contributed by atoms with Crippen molar-refractivity contribution in [3.05, 3.63) is 23.8 Å². The molecule has 2 rings (SSSR count). The molecule has 2 nitrogen and oxygen atoms in total. The Morgan fingerprint density at radius 2 is 2.06 bits per heavy atom. The Bertz CT molecular complexity index is 481. The van der Waals surface area contributed by atoms with Crippen LogP contribution < -0.4 is 0 Å². The molecule has 2 aromatic rings. The molecule has 0 bridgehead atoms. The third-order valence-corrected chi connectivity index (χ3v) is 4.83. The summed E-state index contributed by atoms with van der Waals surface area (Å²) in [6, 6.07) is 2.18. The van der Waals surface area contributed by atoms with Gasteiger partial charge in [-0.2, -0.15) is 0 Å². The molecule has 0 aliphatic carbocycles. The fourth-order valence-corrected chi connectivity index (χ4v) is 4.02. The fraction of sp³-hybridized carbons (Fsp3) is 0.571. The Kier molecular flexibility index (Phi) is 3.99. The third kappa shape index (κ3) is 3.25. The van der Waals surface area contributed by atoms with Crippen molar-refractivity contribution in [1.29, 1.82) is 0 Å². The second kappa shape index (κ2) is 5.19. The van der Waals surface area contributed by atoms with Gasteiger partial charge in [-0.25, -0.2) is 0 Å². The fourth-order valence-electron chi connectivity index (χ4n) is 2.06. The van der Waals surface area contributed by atoms with Crippen LogP contribution in [0.1, 0.15) is 20.8 Å². The molecule has 1 unspecified atom stereocenters. The van der Waals surface area contributed by atoms with E-state index in [1.165, 1.54) is 10.1 Å². The van der Waals surface area contributed by atoms with Crippen LogP contribution in [0.2, 0.25) is 13.1 Å². The van der Waals surface area contributed by atoms with E-state index in [0.29, 0.717) is 6.10 Å². The number of nitrogens with zero attached hydrogens (tertiary/aromatic N) is 1. The minimum Gasteiger partial charge on any atom is -0.415 e. The van der Waals surface area contributed by atoms with Gasteiger partial charge in [0.25, 0.3) is 0 Å². The van der Waals surface area contributed by atoms with E-state index in [4.69, 9.17) is 4.43 Å². The van der Waals surface area contributed by atoms with Crippen molar-refractivity contribution in [2.75, 3.05) is 0 Å². The maximum atomic E-state index is 6.21. The molecule has 2 heterocycles. The lowest BCUT2D eigenvalue weighted by molar-refractivity contribution is 0.0707. The number of thiophene rings is 1. The number of fused-ring (bicyclic) bond motifs is 1. The van der Waals surface area contributed by atoms with Crippen LogP contribution in [0.4, 0.5) is 0 Å². The summed E-state index contributed by atoms with van der Waals surface area (Å²) in [7, 11) is -1.00. The van der Waals surface area contributed by atoms with E-state index in [2.05, 4.69) is 62.3 Å². The monoisotopic (exact) mass is 281 g/mol. The highest BCUT2D eigenvalue weighted by atomic mass is 32.1. The molecular formula is C14H23NOSSi. The Hall–Kier alpha value is -0.583. The number of hydrogen-bond donors (Lipinski definition) is 0. The van der Waals surface area contributed by atoms with Gasteiger partial charge in [-0.3, -0.25) is 0 Å². The minimum absolute atomic E-state index is 0.189. The van der Waals surface area contributed by atoms with Crippen molar-refractivity contribution >= 4 is 30.5 Å². The summed E-state index contributed by atoms with van der Waals surface area (Å²) in [5, 5.41) is 3.49. The van der Waals surface area contributed by atoms with Crippen LogP contribution in [0.15, 0.2) is 23.8 Å². The van der Waals surface area contributed by atoms with Crippen LogP contribution in [-0.2, 0) is 11.0 Å². The lowest BCUT2D eigenvalue weighted by atomic mass is 9.89. The number of aromatic nitrogens is 1. The molecule has 18 heavy (non-hydrogen) atoms. The first-order valence-electron chi connectivity index (χ1n) is 6.54. The smallest absolute Gasteiger partial charge is 0.171 e. The third-order valence-electron chi connectivity index (χ3n) is 3.09. The van der Waals surface area contributed by atoms with Crippen molar-refractivity contribution < 1.29 is 4.43 Å². The molecule has 0 aliphatic heterocycles. The van der Waals surface area contributed by atoms with Crippen LogP contribution in [0, 0.1) is 5.41 Å². The van der Waals surface area contributed by atoms with Gasteiger partial charge in [0.2, 0.25) is 0 Å². The Labute approximate surface area is 115 Å². The summed E-state index contributed by atoms with van der Waals surface area (Å²) in [4.78, 5) is 0. The molecule has 1 atom stereocenters. The second-order valence-electron chi connectivity index (χ2n) is 6.23. The summed E-state index contributed by atoms with van der Waals surface area (Å²) in [5.41, 5.74) is 0.189.